The Morgan fingerprint density at radius 3 is 1.90 bits per heavy atom. The predicted octanol–water partition coefficient (Wildman–Crippen LogP) is 6.74. The van der Waals surface area contributed by atoms with Gasteiger partial charge in [0.25, 0.3) is 10.0 Å². The van der Waals surface area contributed by atoms with Gasteiger partial charge in [-0.05, 0) is 92.7 Å². The van der Waals surface area contributed by atoms with Gasteiger partial charge in [-0.1, -0.05) is 65.8 Å². The fourth-order valence-electron chi connectivity index (χ4n) is 6.43. The molecular formula is C33H50N2O4S. The second kappa shape index (κ2) is 10.1. The summed E-state index contributed by atoms with van der Waals surface area (Å²) in [6.07, 6.45) is 3.45. The molecular weight excluding hydrogens is 520 g/mol. The standard InChI is InChI=1S/C33H50N2O4S/c1-29(2,3)25-18-26(30(4,5)6)20-27(19-25)40(37,38)34-28-15-12-11-14-24(28)21-33(34,22-36)23-39-35-31(7,8)16-13-17-32(35,9)10/h11-12,14-15,18-20,36H,13,16-17,21-23H2,1-10H3. The first-order chi connectivity index (χ1) is 18.2. The number of para-hydroxylation sites is 1. The van der Waals surface area contributed by atoms with Gasteiger partial charge in [-0.2, -0.15) is 5.06 Å². The van der Waals surface area contributed by atoms with E-state index in [4.69, 9.17) is 4.84 Å². The number of hydroxylamine groups is 2. The van der Waals surface area contributed by atoms with E-state index in [1.54, 1.807) is 0 Å². The lowest BCUT2D eigenvalue weighted by Gasteiger charge is -2.52. The summed E-state index contributed by atoms with van der Waals surface area (Å²) in [6, 6.07) is 13.3. The average Bonchev–Trinajstić information content (AvgIpc) is 3.17. The van der Waals surface area contributed by atoms with Crippen LogP contribution in [-0.4, -0.2) is 48.4 Å². The summed E-state index contributed by atoms with van der Waals surface area (Å²) in [5.74, 6) is 0. The van der Waals surface area contributed by atoms with E-state index in [-0.39, 0.29) is 40.0 Å². The number of nitrogens with zero attached hydrogens (tertiary/aromatic N) is 2. The summed E-state index contributed by atoms with van der Waals surface area (Å²) in [6.45, 7) is 21.0. The van der Waals surface area contributed by atoms with Crippen LogP contribution in [0.3, 0.4) is 0 Å². The minimum Gasteiger partial charge on any atom is -0.394 e. The molecule has 1 atom stereocenters. The Morgan fingerprint density at radius 1 is 0.875 bits per heavy atom. The summed E-state index contributed by atoms with van der Waals surface area (Å²) in [5, 5.41) is 13.1. The van der Waals surface area contributed by atoms with E-state index in [0.717, 1.165) is 36.0 Å². The maximum absolute atomic E-state index is 14.8. The molecule has 0 aliphatic carbocycles. The zero-order valence-electron chi connectivity index (χ0n) is 26.3. The van der Waals surface area contributed by atoms with Gasteiger partial charge in [0.05, 0.1) is 23.8 Å². The highest BCUT2D eigenvalue weighted by atomic mass is 32.2. The first-order valence-electron chi connectivity index (χ1n) is 14.6. The molecule has 2 aliphatic heterocycles. The fourth-order valence-corrected chi connectivity index (χ4v) is 8.31. The number of fused-ring (bicyclic) bond motifs is 1. The van der Waals surface area contributed by atoms with Gasteiger partial charge < -0.3 is 5.11 Å². The zero-order chi connectivity index (χ0) is 29.9. The van der Waals surface area contributed by atoms with E-state index >= 15 is 0 Å². The molecule has 1 fully saturated rings. The first-order valence-corrected chi connectivity index (χ1v) is 16.0. The quantitative estimate of drug-likeness (QED) is 0.417. The van der Waals surface area contributed by atoms with Crippen LogP contribution in [0.2, 0.25) is 0 Å². The molecule has 1 N–H and O–H groups in total. The highest BCUT2D eigenvalue weighted by Crippen LogP contribution is 2.45. The molecule has 0 aromatic heterocycles. The number of piperidine rings is 1. The zero-order valence-corrected chi connectivity index (χ0v) is 27.1. The Kier molecular flexibility index (Phi) is 7.84. The highest BCUT2D eigenvalue weighted by molar-refractivity contribution is 7.93. The van der Waals surface area contributed by atoms with Crippen molar-refractivity contribution in [2.24, 2.45) is 0 Å². The molecule has 2 aromatic carbocycles. The second-order valence-corrected chi connectivity index (χ2v) is 17.0. The van der Waals surface area contributed by atoms with Crippen LogP contribution < -0.4 is 4.31 Å². The van der Waals surface area contributed by atoms with Crippen molar-refractivity contribution in [3.8, 4) is 0 Å². The largest absolute Gasteiger partial charge is 0.394 e. The normalized spacial score (nSPS) is 23.3. The molecule has 1 unspecified atom stereocenters. The predicted molar refractivity (Wildman–Crippen MR) is 163 cm³/mol. The van der Waals surface area contributed by atoms with Gasteiger partial charge >= 0.3 is 0 Å². The highest BCUT2D eigenvalue weighted by Gasteiger charge is 2.52. The Balaban J connectivity index is 1.85. The van der Waals surface area contributed by atoms with Crippen LogP contribution in [0.15, 0.2) is 47.4 Å². The Hall–Kier alpha value is -1.93. The maximum Gasteiger partial charge on any atom is 0.265 e. The molecule has 0 amide bonds. The van der Waals surface area contributed by atoms with Gasteiger partial charge in [0.2, 0.25) is 0 Å². The number of hydrogen-bond acceptors (Lipinski definition) is 5. The van der Waals surface area contributed by atoms with Crippen molar-refractivity contribution >= 4 is 15.7 Å². The van der Waals surface area contributed by atoms with Crippen molar-refractivity contribution in [1.82, 2.24) is 5.06 Å². The molecule has 4 rings (SSSR count). The van der Waals surface area contributed by atoms with Crippen LogP contribution in [0.5, 0.6) is 0 Å². The van der Waals surface area contributed by atoms with E-state index < -0.39 is 15.6 Å². The molecule has 7 heteroatoms. The lowest BCUT2D eigenvalue weighted by atomic mass is 9.81. The molecule has 0 saturated carbocycles. The Labute approximate surface area is 242 Å². The van der Waals surface area contributed by atoms with Gasteiger partial charge in [-0.3, -0.25) is 9.14 Å². The number of anilines is 1. The fraction of sp³-hybridized carbons (Fsp3) is 0.636. The van der Waals surface area contributed by atoms with E-state index in [2.05, 4.69) is 75.3 Å². The van der Waals surface area contributed by atoms with Crippen molar-refractivity contribution in [1.29, 1.82) is 0 Å². The molecule has 0 bridgehead atoms. The van der Waals surface area contributed by atoms with Crippen LogP contribution in [-0.2, 0) is 32.1 Å². The number of benzene rings is 2. The maximum atomic E-state index is 14.8. The summed E-state index contributed by atoms with van der Waals surface area (Å²) < 4.78 is 31.0. The van der Waals surface area contributed by atoms with Crippen LogP contribution >= 0.6 is 0 Å². The molecule has 2 aromatic rings. The number of sulfonamides is 1. The summed E-state index contributed by atoms with van der Waals surface area (Å²) in [4.78, 5) is 6.86. The summed E-state index contributed by atoms with van der Waals surface area (Å²) in [7, 11) is -4.07. The molecule has 6 nitrogen and oxygen atoms in total. The minimum atomic E-state index is -4.07. The molecule has 1 saturated heterocycles. The molecule has 40 heavy (non-hydrogen) atoms. The van der Waals surface area contributed by atoms with Gasteiger partial charge in [0.15, 0.2) is 0 Å². The third-order valence-electron chi connectivity index (χ3n) is 8.77. The van der Waals surface area contributed by atoms with E-state index in [1.807, 2.05) is 41.5 Å². The molecule has 0 radical (unpaired) electrons. The number of hydrogen-bond donors (Lipinski definition) is 1. The Morgan fingerprint density at radius 2 is 1.40 bits per heavy atom. The SMILES string of the molecule is CC(C)(C)c1cc(C(C)(C)C)cc(S(=O)(=O)N2c3ccccc3CC2(CO)CON2C(C)(C)CCCC2(C)C)c1. The minimum absolute atomic E-state index is 0.0510. The third kappa shape index (κ3) is 5.59. The Bertz CT molecular complexity index is 1300. The van der Waals surface area contributed by atoms with Crippen molar-refractivity contribution in [2.45, 2.75) is 127 Å². The van der Waals surface area contributed by atoms with E-state index in [9.17, 15) is 13.5 Å². The molecule has 2 aliphatic rings. The monoisotopic (exact) mass is 570 g/mol. The smallest absolute Gasteiger partial charge is 0.265 e. The van der Waals surface area contributed by atoms with E-state index in [1.165, 1.54) is 4.31 Å². The topological polar surface area (TPSA) is 70.1 Å². The van der Waals surface area contributed by atoms with Crippen molar-refractivity contribution in [2.75, 3.05) is 17.5 Å². The lowest BCUT2D eigenvalue weighted by molar-refractivity contribution is -0.287. The number of rotatable bonds is 6. The van der Waals surface area contributed by atoms with Gasteiger partial charge in [0.1, 0.15) is 5.54 Å². The van der Waals surface area contributed by atoms with Crippen LogP contribution in [0.1, 0.15) is 105 Å². The van der Waals surface area contributed by atoms with Gasteiger partial charge in [0, 0.05) is 17.5 Å². The number of aliphatic hydroxyl groups is 1. The molecule has 2 heterocycles. The van der Waals surface area contributed by atoms with Crippen molar-refractivity contribution in [3.63, 3.8) is 0 Å². The molecule has 0 spiro atoms. The second-order valence-electron chi connectivity index (χ2n) is 15.2. The van der Waals surface area contributed by atoms with Crippen LogP contribution in [0, 0.1) is 0 Å². The first kappa shape index (κ1) is 31.0. The third-order valence-corrected chi connectivity index (χ3v) is 10.7. The number of aliphatic hydroxyl groups excluding tert-OH is 1. The van der Waals surface area contributed by atoms with Crippen LogP contribution in [0.4, 0.5) is 5.69 Å². The van der Waals surface area contributed by atoms with Gasteiger partial charge in [-0.25, -0.2) is 8.42 Å². The van der Waals surface area contributed by atoms with Gasteiger partial charge in [-0.15, -0.1) is 0 Å². The van der Waals surface area contributed by atoms with Crippen LogP contribution in [0.25, 0.3) is 0 Å². The average molecular weight is 571 g/mol. The van der Waals surface area contributed by atoms with Crippen molar-refractivity contribution < 1.29 is 18.4 Å². The lowest BCUT2D eigenvalue weighted by Crippen LogP contribution is -2.62. The summed E-state index contributed by atoms with van der Waals surface area (Å²) in [5.41, 5.74) is 1.36. The van der Waals surface area contributed by atoms with E-state index in [0.29, 0.717) is 12.1 Å². The molecule has 222 valence electrons. The van der Waals surface area contributed by atoms with Crippen molar-refractivity contribution in [3.05, 3.63) is 59.2 Å². The summed E-state index contributed by atoms with van der Waals surface area (Å²) >= 11 is 0.